The van der Waals surface area contributed by atoms with E-state index in [1.165, 1.54) is 12.1 Å². The van der Waals surface area contributed by atoms with Gasteiger partial charge in [-0.15, -0.1) is 0 Å². The molecule has 1 heterocycles. The predicted molar refractivity (Wildman–Crippen MR) is 116 cm³/mol. The van der Waals surface area contributed by atoms with Crippen LogP contribution in [0.25, 0.3) is 0 Å². The van der Waals surface area contributed by atoms with E-state index in [0.29, 0.717) is 28.9 Å². The second-order valence-corrected chi connectivity index (χ2v) is 8.85. The molecule has 0 saturated heterocycles. The Bertz CT molecular complexity index is 921. The Morgan fingerprint density at radius 2 is 1.83 bits per heavy atom. The average molecular weight is 414 g/mol. The van der Waals surface area contributed by atoms with Crippen molar-refractivity contribution in [2.24, 2.45) is 0 Å². The maximum Gasteiger partial charge on any atom is 0.247 e. The zero-order valence-corrected chi connectivity index (χ0v) is 17.8. The molecular formula is C24H29F2N3O. The van der Waals surface area contributed by atoms with Crippen LogP contribution < -0.4 is 10.6 Å². The molecule has 1 amide bonds. The number of hydrogen-bond acceptors (Lipinski definition) is 3. The van der Waals surface area contributed by atoms with Gasteiger partial charge in [0.1, 0.15) is 17.7 Å². The molecule has 0 radical (unpaired) electrons. The molecule has 4 rings (SSSR count). The first kappa shape index (κ1) is 20.8. The highest BCUT2D eigenvalue weighted by atomic mass is 19.1. The zero-order valence-electron chi connectivity index (χ0n) is 17.8. The van der Waals surface area contributed by atoms with Crippen LogP contribution in [0.4, 0.5) is 20.2 Å². The monoisotopic (exact) mass is 413 g/mol. The van der Waals surface area contributed by atoms with Gasteiger partial charge < -0.3 is 15.5 Å². The molecule has 1 unspecified atom stereocenters. The third kappa shape index (κ3) is 4.19. The van der Waals surface area contributed by atoms with E-state index in [9.17, 15) is 13.6 Å². The maximum absolute atomic E-state index is 14.3. The van der Waals surface area contributed by atoms with Crippen molar-refractivity contribution in [1.29, 1.82) is 0 Å². The lowest BCUT2D eigenvalue weighted by molar-refractivity contribution is -0.116. The minimum atomic E-state index is -0.571. The minimum Gasteiger partial charge on any atom is -0.373 e. The fourth-order valence-corrected chi connectivity index (χ4v) is 4.80. The molecule has 1 saturated carbocycles. The molecule has 0 aromatic heterocycles. The van der Waals surface area contributed by atoms with Gasteiger partial charge in [0.2, 0.25) is 5.91 Å². The minimum absolute atomic E-state index is 0.280. The van der Waals surface area contributed by atoms with E-state index in [1.807, 2.05) is 13.0 Å². The number of carbonyl (C=O) groups is 1. The Labute approximate surface area is 176 Å². The van der Waals surface area contributed by atoms with Gasteiger partial charge >= 0.3 is 0 Å². The SMILES string of the molecule is Cc1ccc(F)c2c1NC(C(=O)Nc1cc(F)cc(C3CCC(N(C)C)CC3)c1)C2. The standard InChI is InChI=1S/C24H29F2N3O/c1-14-4-9-21(26)20-13-22(28-23(14)20)24(30)27-18-11-16(10-17(25)12-18)15-5-7-19(8-6-15)29(2)3/h4,9-12,15,19,22,28H,5-8,13H2,1-3H3,(H,27,30). The summed E-state index contributed by atoms with van der Waals surface area (Å²) in [5, 5.41) is 5.95. The van der Waals surface area contributed by atoms with Crippen molar-refractivity contribution in [1.82, 2.24) is 4.90 Å². The maximum atomic E-state index is 14.3. The Hall–Kier alpha value is -2.47. The number of nitrogens with one attached hydrogen (secondary N) is 2. The number of amides is 1. The first-order valence-corrected chi connectivity index (χ1v) is 10.6. The molecule has 4 nitrogen and oxygen atoms in total. The molecule has 0 spiro atoms. The molecule has 1 aliphatic carbocycles. The van der Waals surface area contributed by atoms with Gasteiger partial charge in [0.05, 0.1) is 0 Å². The summed E-state index contributed by atoms with van der Waals surface area (Å²) in [5.41, 5.74) is 3.52. The van der Waals surface area contributed by atoms with Gasteiger partial charge in [0.25, 0.3) is 0 Å². The van der Waals surface area contributed by atoms with E-state index >= 15 is 0 Å². The molecule has 6 heteroatoms. The van der Waals surface area contributed by atoms with Gasteiger partial charge in [0, 0.05) is 29.4 Å². The summed E-state index contributed by atoms with van der Waals surface area (Å²) in [6, 6.07) is 7.95. The van der Waals surface area contributed by atoms with Crippen molar-refractivity contribution in [2.45, 2.75) is 57.0 Å². The van der Waals surface area contributed by atoms with Gasteiger partial charge in [-0.2, -0.15) is 0 Å². The molecule has 1 atom stereocenters. The number of anilines is 2. The number of halogens is 2. The van der Waals surface area contributed by atoms with Crippen molar-refractivity contribution in [3.05, 3.63) is 58.7 Å². The van der Waals surface area contributed by atoms with Crippen LogP contribution in [-0.4, -0.2) is 37.0 Å². The van der Waals surface area contributed by atoms with Crippen molar-refractivity contribution in [2.75, 3.05) is 24.7 Å². The van der Waals surface area contributed by atoms with E-state index in [0.717, 1.165) is 36.8 Å². The molecule has 1 aliphatic heterocycles. The molecule has 2 aromatic carbocycles. The highest BCUT2D eigenvalue weighted by Crippen LogP contribution is 2.36. The van der Waals surface area contributed by atoms with Crippen molar-refractivity contribution < 1.29 is 13.6 Å². The van der Waals surface area contributed by atoms with E-state index in [4.69, 9.17) is 0 Å². The fourth-order valence-electron chi connectivity index (χ4n) is 4.80. The molecule has 0 bridgehead atoms. The second-order valence-electron chi connectivity index (χ2n) is 8.85. The van der Waals surface area contributed by atoms with Crippen LogP contribution in [0.2, 0.25) is 0 Å². The number of fused-ring (bicyclic) bond motifs is 1. The smallest absolute Gasteiger partial charge is 0.247 e. The largest absolute Gasteiger partial charge is 0.373 e. The Balaban J connectivity index is 1.45. The van der Waals surface area contributed by atoms with Crippen LogP contribution in [0.1, 0.15) is 48.3 Å². The van der Waals surface area contributed by atoms with Crippen molar-refractivity contribution >= 4 is 17.3 Å². The summed E-state index contributed by atoms with van der Waals surface area (Å²) in [5.74, 6) is -0.627. The normalized spacial score (nSPS) is 23.2. The average Bonchev–Trinajstić information content (AvgIpc) is 3.17. The van der Waals surface area contributed by atoms with Crippen molar-refractivity contribution in [3.8, 4) is 0 Å². The predicted octanol–water partition coefficient (Wildman–Crippen LogP) is 4.84. The number of benzene rings is 2. The van der Waals surface area contributed by atoms with Crippen LogP contribution in [-0.2, 0) is 11.2 Å². The molecule has 1 fully saturated rings. The van der Waals surface area contributed by atoms with Gasteiger partial charge in [-0.05, 0) is 88.0 Å². The first-order valence-electron chi connectivity index (χ1n) is 10.6. The van der Waals surface area contributed by atoms with Crippen LogP contribution in [0, 0.1) is 18.6 Å². The number of carbonyl (C=O) groups excluding carboxylic acids is 1. The van der Waals surface area contributed by atoms with Crippen LogP contribution >= 0.6 is 0 Å². The van der Waals surface area contributed by atoms with E-state index < -0.39 is 6.04 Å². The molecular weight excluding hydrogens is 384 g/mol. The molecule has 160 valence electrons. The summed E-state index contributed by atoms with van der Waals surface area (Å²) in [4.78, 5) is 15.1. The molecule has 2 aromatic rings. The Morgan fingerprint density at radius 1 is 1.10 bits per heavy atom. The molecule has 2 aliphatic rings. The number of aryl methyl sites for hydroxylation is 1. The van der Waals surface area contributed by atoms with E-state index in [-0.39, 0.29) is 24.0 Å². The topological polar surface area (TPSA) is 44.4 Å². The van der Waals surface area contributed by atoms with Gasteiger partial charge in [0.15, 0.2) is 0 Å². The van der Waals surface area contributed by atoms with Gasteiger partial charge in [-0.3, -0.25) is 4.79 Å². The third-order valence-corrected chi connectivity index (χ3v) is 6.59. The fraction of sp³-hybridized carbons (Fsp3) is 0.458. The quantitative estimate of drug-likeness (QED) is 0.754. The van der Waals surface area contributed by atoms with Crippen LogP contribution in [0.5, 0.6) is 0 Å². The van der Waals surface area contributed by atoms with Crippen molar-refractivity contribution in [3.63, 3.8) is 0 Å². The van der Waals surface area contributed by atoms with Gasteiger partial charge in [-0.1, -0.05) is 6.07 Å². The lowest BCUT2D eigenvalue weighted by Gasteiger charge is -2.33. The van der Waals surface area contributed by atoms with Crippen LogP contribution in [0.15, 0.2) is 30.3 Å². The Morgan fingerprint density at radius 3 is 2.50 bits per heavy atom. The number of rotatable bonds is 4. The second kappa shape index (κ2) is 8.34. The summed E-state index contributed by atoms with van der Waals surface area (Å²) < 4.78 is 28.4. The van der Waals surface area contributed by atoms with Crippen LogP contribution in [0.3, 0.4) is 0 Å². The Kier molecular flexibility index (Phi) is 5.78. The highest BCUT2D eigenvalue weighted by Gasteiger charge is 2.30. The summed E-state index contributed by atoms with van der Waals surface area (Å²) in [6.45, 7) is 1.88. The first-order chi connectivity index (χ1) is 14.3. The number of nitrogens with zero attached hydrogens (tertiary/aromatic N) is 1. The zero-order chi connectivity index (χ0) is 21.4. The summed E-state index contributed by atoms with van der Waals surface area (Å²) in [7, 11) is 4.20. The highest BCUT2D eigenvalue weighted by molar-refractivity contribution is 5.98. The number of hydrogen-bond donors (Lipinski definition) is 2. The summed E-state index contributed by atoms with van der Waals surface area (Å²) >= 11 is 0. The van der Waals surface area contributed by atoms with Gasteiger partial charge in [-0.25, -0.2) is 8.78 Å². The third-order valence-electron chi connectivity index (χ3n) is 6.59. The lowest BCUT2D eigenvalue weighted by Crippen LogP contribution is -2.33. The molecule has 2 N–H and O–H groups in total. The lowest BCUT2D eigenvalue weighted by atomic mass is 9.81. The van der Waals surface area contributed by atoms with E-state index in [2.05, 4.69) is 29.6 Å². The molecule has 30 heavy (non-hydrogen) atoms. The summed E-state index contributed by atoms with van der Waals surface area (Å²) in [6.07, 6.45) is 4.48. The van der Waals surface area contributed by atoms with E-state index in [1.54, 1.807) is 12.1 Å².